The average molecular weight is 745 g/mol. The molecule has 0 N–H and O–H groups in total. The molecule has 5 heteroatoms. The Morgan fingerprint density at radius 2 is 1.07 bits per heavy atom. The lowest BCUT2D eigenvalue weighted by Gasteiger charge is -2.22. The number of aromatic nitrogens is 2. The van der Waals surface area contributed by atoms with Crippen molar-refractivity contribution in [1.29, 1.82) is 0 Å². The minimum Gasteiger partial charge on any atom is -0.457 e. The number of pyridine rings is 1. The molecule has 1 aliphatic rings. The highest BCUT2D eigenvalue weighted by atomic mass is 16.5. The molecule has 3 heterocycles. The summed E-state index contributed by atoms with van der Waals surface area (Å²) in [6, 6.07) is 67.1. The Hall–Kier alpha value is -7.63. The Morgan fingerprint density at radius 3 is 1.86 bits per heavy atom. The van der Waals surface area contributed by atoms with Gasteiger partial charge in [0.15, 0.2) is 0 Å². The third kappa shape index (κ3) is 5.00. The van der Waals surface area contributed by atoms with Crippen LogP contribution in [0.5, 0.6) is 11.5 Å². The predicted molar refractivity (Wildman–Crippen MR) is 242 cm³/mol. The zero-order valence-corrected chi connectivity index (χ0v) is 31.8. The van der Waals surface area contributed by atoms with Gasteiger partial charge < -0.3 is 14.5 Å². The van der Waals surface area contributed by atoms with Gasteiger partial charge in [0, 0.05) is 50.4 Å². The quantitative estimate of drug-likeness (QED) is 0.164. The van der Waals surface area contributed by atoms with E-state index < -0.39 is 0 Å². The molecule has 0 aliphatic carbocycles. The molecular formula is C53H36N4O. The van der Waals surface area contributed by atoms with Crippen molar-refractivity contribution >= 4 is 87.8 Å². The number of aryl methyl sites for hydroxylation is 1. The second-order valence-electron chi connectivity index (χ2n) is 15.3. The van der Waals surface area contributed by atoms with Gasteiger partial charge in [-0.1, -0.05) is 115 Å². The Bertz CT molecular complexity index is 3440. The summed E-state index contributed by atoms with van der Waals surface area (Å²) < 4.78 is 9.11. The van der Waals surface area contributed by atoms with Gasteiger partial charge in [0.2, 0.25) is 0 Å². The zero-order chi connectivity index (χ0) is 38.3. The maximum absolute atomic E-state index is 6.78. The Labute approximate surface area is 335 Å². The van der Waals surface area contributed by atoms with E-state index in [0.717, 1.165) is 50.3 Å². The van der Waals surface area contributed by atoms with Crippen LogP contribution < -0.4 is 14.5 Å². The van der Waals surface area contributed by atoms with Crippen molar-refractivity contribution in [2.45, 2.75) is 6.92 Å². The molecule has 0 bridgehead atoms. The van der Waals surface area contributed by atoms with Crippen molar-refractivity contribution in [3.05, 3.63) is 194 Å². The number of benzene rings is 9. The van der Waals surface area contributed by atoms with Crippen LogP contribution in [0.4, 0.5) is 22.7 Å². The Balaban J connectivity index is 1.00. The normalized spacial score (nSPS) is 12.8. The summed E-state index contributed by atoms with van der Waals surface area (Å²) in [4.78, 5) is 10.3. The number of anilines is 4. The van der Waals surface area contributed by atoms with E-state index in [-0.39, 0.29) is 0 Å². The van der Waals surface area contributed by atoms with Crippen LogP contribution >= 0.6 is 0 Å². The maximum Gasteiger partial charge on any atom is 0.146 e. The smallest absolute Gasteiger partial charge is 0.146 e. The van der Waals surface area contributed by atoms with Crippen molar-refractivity contribution < 1.29 is 4.74 Å². The number of rotatable bonds is 5. The molecule has 11 aromatic rings. The molecule has 0 saturated carbocycles. The molecule has 0 unspecified atom stereocenters. The highest BCUT2D eigenvalue weighted by Gasteiger charge is 2.28. The molecule has 0 spiro atoms. The van der Waals surface area contributed by atoms with Gasteiger partial charge in [-0.25, -0.2) is 4.98 Å². The number of hydrogen-bond acceptors (Lipinski definition) is 4. The molecule has 12 rings (SSSR count). The zero-order valence-electron chi connectivity index (χ0n) is 31.8. The van der Waals surface area contributed by atoms with Crippen molar-refractivity contribution in [2.75, 3.05) is 16.5 Å². The van der Waals surface area contributed by atoms with E-state index in [4.69, 9.17) is 9.72 Å². The van der Waals surface area contributed by atoms with Crippen LogP contribution in [-0.4, -0.2) is 16.2 Å². The number of nitrogens with zero attached hydrogens (tertiary/aromatic N) is 4. The molecule has 0 amide bonds. The number of ether oxygens (including phenoxy) is 1. The summed E-state index contributed by atoms with van der Waals surface area (Å²) in [5, 5.41) is 10.7. The summed E-state index contributed by atoms with van der Waals surface area (Å²) >= 11 is 0. The van der Waals surface area contributed by atoms with Crippen LogP contribution in [0.15, 0.2) is 188 Å². The summed E-state index contributed by atoms with van der Waals surface area (Å²) in [6.07, 6.45) is 0. The lowest BCUT2D eigenvalue weighted by atomic mass is 9.95. The van der Waals surface area contributed by atoms with Crippen molar-refractivity contribution in [2.24, 2.45) is 0 Å². The average Bonchev–Trinajstić information content (AvgIpc) is 3.82. The van der Waals surface area contributed by atoms with Crippen LogP contribution in [-0.2, 0) is 0 Å². The standard InChI is InChI=1S/C53H36N4O/c1-34-21-25-37(26-22-34)55-33-56(49-20-9-8-19-48(49)55)38-13-10-14-39(31-38)58-40-27-29-44-43-17-6-7-18-47(43)57(50(44)32-40)53-45-28-23-35-11-2-4-15-41(35)51(45)52-42-16-5-3-12-36(42)24-30-46(52)54-53/h2-32H,33H2,1H3. The molecule has 274 valence electrons. The van der Waals surface area contributed by atoms with Crippen molar-refractivity contribution in [3.8, 4) is 17.3 Å². The van der Waals surface area contributed by atoms with Gasteiger partial charge in [-0.2, -0.15) is 0 Å². The third-order valence-electron chi connectivity index (χ3n) is 11.9. The largest absolute Gasteiger partial charge is 0.457 e. The number of fused-ring (bicyclic) bond motifs is 11. The van der Waals surface area contributed by atoms with Crippen LogP contribution in [0.25, 0.3) is 70.8 Å². The molecule has 0 atom stereocenters. The lowest BCUT2D eigenvalue weighted by molar-refractivity contribution is 0.483. The van der Waals surface area contributed by atoms with Crippen molar-refractivity contribution in [1.82, 2.24) is 9.55 Å². The number of para-hydroxylation sites is 3. The van der Waals surface area contributed by atoms with Gasteiger partial charge in [-0.3, -0.25) is 4.57 Å². The van der Waals surface area contributed by atoms with E-state index in [0.29, 0.717) is 6.67 Å². The number of hydrogen-bond donors (Lipinski definition) is 0. The molecule has 58 heavy (non-hydrogen) atoms. The monoisotopic (exact) mass is 744 g/mol. The first kappa shape index (κ1) is 32.6. The Kier molecular flexibility index (Phi) is 7.14. The van der Waals surface area contributed by atoms with Gasteiger partial charge in [0.25, 0.3) is 0 Å². The first-order valence-electron chi connectivity index (χ1n) is 19.8. The SMILES string of the molecule is Cc1ccc(N2CN(c3cccc(Oc4ccc5c6ccccc6n(-c6nc7ccc8ccccc8c7c7c6ccc6ccccc67)c5c4)c3)c3ccccc32)cc1. The van der Waals surface area contributed by atoms with Crippen LogP contribution in [0.1, 0.15) is 5.56 Å². The fourth-order valence-electron chi connectivity index (χ4n) is 9.16. The van der Waals surface area contributed by atoms with E-state index in [1.165, 1.54) is 60.3 Å². The fourth-order valence-corrected chi connectivity index (χ4v) is 9.16. The molecule has 0 fully saturated rings. The summed E-state index contributed by atoms with van der Waals surface area (Å²) in [6.45, 7) is 2.83. The van der Waals surface area contributed by atoms with E-state index in [1.807, 2.05) is 6.07 Å². The maximum atomic E-state index is 6.78. The van der Waals surface area contributed by atoms with E-state index >= 15 is 0 Å². The van der Waals surface area contributed by atoms with E-state index in [2.05, 4.69) is 203 Å². The molecule has 0 radical (unpaired) electrons. The predicted octanol–water partition coefficient (Wildman–Crippen LogP) is 14.1. The molecule has 5 nitrogen and oxygen atoms in total. The molecule has 0 saturated heterocycles. The van der Waals surface area contributed by atoms with Crippen LogP contribution in [0, 0.1) is 6.92 Å². The first-order valence-corrected chi connectivity index (χ1v) is 19.8. The second kappa shape index (κ2) is 12.7. The van der Waals surface area contributed by atoms with Gasteiger partial charge in [0.1, 0.15) is 24.0 Å². The van der Waals surface area contributed by atoms with Crippen LogP contribution in [0.3, 0.4) is 0 Å². The van der Waals surface area contributed by atoms with Gasteiger partial charge in [-0.15, -0.1) is 0 Å². The highest BCUT2D eigenvalue weighted by molar-refractivity contribution is 6.28. The topological polar surface area (TPSA) is 33.5 Å². The third-order valence-corrected chi connectivity index (χ3v) is 11.9. The van der Waals surface area contributed by atoms with E-state index in [9.17, 15) is 0 Å². The minimum atomic E-state index is 0.704. The minimum absolute atomic E-state index is 0.704. The molecule has 2 aromatic heterocycles. The van der Waals surface area contributed by atoms with Crippen molar-refractivity contribution in [3.63, 3.8) is 0 Å². The lowest BCUT2D eigenvalue weighted by Crippen LogP contribution is -2.23. The Morgan fingerprint density at radius 1 is 0.448 bits per heavy atom. The van der Waals surface area contributed by atoms with Gasteiger partial charge in [0.05, 0.1) is 27.9 Å². The highest BCUT2D eigenvalue weighted by Crippen LogP contribution is 2.46. The summed E-state index contributed by atoms with van der Waals surface area (Å²) in [7, 11) is 0. The summed E-state index contributed by atoms with van der Waals surface area (Å²) in [5.74, 6) is 2.44. The summed E-state index contributed by atoms with van der Waals surface area (Å²) in [5.41, 5.74) is 8.96. The molecular weight excluding hydrogens is 709 g/mol. The van der Waals surface area contributed by atoms with Gasteiger partial charge >= 0.3 is 0 Å². The second-order valence-corrected chi connectivity index (χ2v) is 15.3. The fraction of sp³-hybridized carbons (Fsp3) is 0.0377. The first-order chi connectivity index (χ1) is 28.7. The molecule has 9 aromatic carbocycles. The van der Waals surface area contributed by atoms with Gasteiger partial charge in [-0.05, 0) is 95.2 Å². The van der Waals surface area contributed by atoms with Crippen LogP contribution in [0.2, 0.25) is 0 Å². The molecule has 1 aliphatic heterocycles. The van der Waals surface area contributed by atoms with E-state index in [1.54, 1.807) is 0 Å².